The molecule has 1 saturated heterocycles. The molecule has 2 fully saturated rings. The zero-order valence-electron chi connectivity index (χ0n) is 11.7. The van der Waals surface area contributed by atoms with E-state index in [-0.39, 0.29) is 0 Å². The van der Waals surface area contributed by atoms with Crippen molar-refractivity contribution in [3.8, 4) is 0 Å². The summed E-state index contributed by atoms with van der Waals surface area (Å²) in [6.07, 6.45) is 7.04. The van der Waals surface area contributed by atoms with E-state index in [2.05, 4.69) is 44.3 Å². The van der Waals surface area contributed by atoms with E-state index in [0.29, 0.717) is 6.04 Å². The normalized spacial score (nSPS) is 24.9. The lowest BCUT2D eigenvalue weighted by Crippen LogP contribution is -2.54. The molecule has 20 heavy (non-hydrogen) atoms. The molecule has 4 heteroatoms. The van der Waals surface area contributed by atoms with Crippen molar-refractivity contribution < 1.29 is 0 Å². The Morgan fingerprint density at radius 3 is 2.75 bits per heavy atom. The maximum atomic E-state index is 6.23. The summed E-state index contributed by atoms with van der Waals surface area (Å²) in [5.74, 6) is 0.859. The van der Waals surface area contributed by atoms with Crippen LogP contribution in [0, 0.1) is 5.92 Å². The summed E-state index contributed by atoms with van der Waals surface area (Å²) in [7, 11) is 0. The summed E-state index contributed by atoms with van der Waals surface area (Å²) in [4.78, 5) is 2.48. The maximum Gasteiger partial charge on any atom is 0.0568 e. The monoisotopic (exact) mass is 356 g/mol. The molecule has 0 amide bonds. The average molecular weight is 358 g/mol. The van der Waals surface area contributed by atoms with Crippen LogP contribution in [0.25, 0.3) is 0 Å². The summed E-state index contributed by atoms with van der Waals surface area (Å²) < 4.78 is 0.974. The zero-order valence-corrected chi connectivity index (χ0v) is 14.1. The van der Waals surface area contributed by atoms with E-state index in [9.17, 15) is 0 Å². The van der Waals surface area contributed by atoms with Gasteiger partial charge in [0.1, 0.15) is 0 Å². The Labute approximate surface area is 135 Å². The van der Waals surface area contributed by atoms with Crippen LogP contribution in [0.2, 0.25) is 5.02 Å². The van der Waals surface area contributed by atoms with E-state index in [1.165, 1.54) is 37.8 Å². The number of benzene rings is 1. The lowest BCUT2D eigenvalue weighted by molar-refractivity contribution is 0.257. The molecule has 1 aromatic carbocycles. The lowest BCUT2D eigenvalue weighted by Gasteiger charge is -2.40. The topological polar surface area (TPSA) is 15.3 Å². The Kier molecular flexibility index (Phi) is 4.90. The number of nitrogens with one attached hydrogen (secondary N) is 1. The molecule has 1 heterocycles. The summed E-state index contributed by atoms with van der Waals surface area (Å²) in [5.41, 5.74) is 1.25. The molecule has 1 aliphatic heterocycles. The van der Waals surface area contributed by atoms with Gasteiger partial charge in [0.15, 0.2) is 0 Å². The molecule has 0 aromatic heterocycles. The van der Waals surface area contributed by atoms with Gasteiger partial charge in [-0.3, -0.25) is 0 Å². The van der Waals surface area contributed by atoms with Crippen molar-refractivity contribution in [3.05, 3.63) is 27.7 Å². The third kappa shape index (κ3) is 3.32. The zero-order chi connectivity index (χ0) is 13.9. The molecule has 1 aromatic rings. The van der Waals surface area contributed by atoms with Gasteiger partial charge in [-0.05, 0) is 52.9 Å². The molecule has 0 spiro atoms. The third-order valence-electron chi connectivity index (χ3n) is 4.69. The molecule has 2 aliphatic rings. The van der Waals surface area contributed by atoms with Crippen LogP contribution in [-0.2, 0) is 0 Å². The van der Waals surface area contributed by atoms with Crippen molar-refractivity contribution in [2.45, 2.75) is 38.1 Å². The molecule has 110 valence electrons. The summed E-state index contributed by atoms with van der Waals surface area (Å²) in [6.45, 7) is 3.26. The Morgan fingerprint density at radius 2 is 2.00 bits per heavy atom. The highest BCUT2D eigenvalue weighted by Gasteiger charge is 2.28. The summed E-state index contributed by atoms with van der Waals surface area (Å²) in [6, 6.07) is 6.94. The number of anilines is 1. The molecule has 1 saturated carbocycles. The SMILES string of the molecule is Clc1cc(N2CCNC(C3CCCCC3)C2)ccc1Br. The van der Waals surface area contributed by atoms with Gasteiger partial charge in [0, 0.05) is 35.8 Å². The van der Waals surface area contributed by atoms with Crippen LogP contribution in [0.3, 0.4) is 0 Å². The highest BCUT2D eigenvalue weighted by molar-refractivity contribution is 9.10. The van der Waals surface area contributed by atoms with Gasteiger partial charge in [-0.25, -0.2) is 0 Å². The van der Waals surface area contributed by atoms with E-state index in [1.54, 1.807) is 0 Å². The number of rotatable bonds is 2. The minimum absolute atomic E-state index is 0.645. The Hall–Kier alpha value is -0.250. The Bertz CT molecular complexity index is 460. The Morgan fingerprint density at radius 1 is 1.20 bits per heavy atom. The van der Waals surface area contributed by atoms with Gasteiger partial charge < -0.3 is 10.2 Å². The highest BCUT2D eigenvalue weighted by atomic mass is 79.9. The van der Waals surface area contributed by atoms with Crippen LogP contribution in [0.1, 0.15) is 32.1 Å². The summed E-state index contributed by atoms with van der Waals surface area (Å²) in [5, 5.41) is 4.53. The predicted molar refractivity (Wildman–Crippen MR) is 89.7 cm³/mol. The molecular weight excluding hydrogens is 336 g/mol. The second-order valence-electron chi connectivity index (χ2n) is 6.00. The molecule has 1 N–H and O–H groups in total. The second kappa shape index (κ2) is 6.67. The minimum atomic E-state index is 0.645. The van der Waals surface area contributed by atoms with Gasteiger partial charge >= 0.3 is 0 Å². The molecule has 0 bridgehead atoms. The molecule has 1 aliphatic carbocycles. The fraction of sp³-hybridized carbons (Fsp3) is 0.625. The first-order valence-corrected chi connectivity index (χ1v) is 8.84. The van der Waals surface area contributed by atoms with E-state index < -0.39 is 0 Å². The van der Waals surface area contributed by atoms with Crippen molar-refractivity contribution in [2.24, 2.45) is 5.92 Å². The molecule has 3 rings (SSSR count). The standard InChI is InChI=1S/C16H22BrClN2/c17-14-7-6-13(10-15(14)18)20-9-8-19-16(11-20)12-4-2-1-3-5-12/h6-7,10,12,16,19H,1-5,8-9,11H2. The lowest BCUT2D eigenvalue weighted by atomic mass is 9.83. The fourth-order valence-electron chi connectivity index (χ4n) is 3.55. The highest BCUT2D eigenvalue weighted by Crippen LogP contribution is 2.31. The van der Waals surface area contributed by atoms with Crippen molar-refractivity contribution in [1.82, 2.24) is 5.32 Å². The molecule has 0 radical (unpaired) electrons. The van der Waals surface area contributed by atoms with Gasteiger partial charge in [-0.1, -0.05) is 30.9 Å². The van der Waals surface area contributed by atoms with E-state index in [1.807, 2.05) is 0 Å². The molecule has 1 unspecified atom stereocenters. The van der Waals surface area contributed by atoms with Gasteiger partial charge in [-0.2, -0.15) is 0 Å². The number of halogens is 2. The van der Waals surface area contributed by atoms with Crippen molar-refractivity contribution in [3.63, 3.8) is 0 Å². The number of hydrogen-bond donors (Lipinski definition) is 1. The third-order valence-corrected chi connectivity index (χ3v) is 5.93. The van der Waals surface area contributed by atoms with Crippen LogP contribution < -0.4 is 10.2 Å². The van der Waals surface area contributed by atoms with Gasteiger partial charge in [0.25, 0.3) is 0 Å². The first-order valence-electron chi connectivity index (χ1n) is 7.67. The number of nitrogens with zero attached hydrogens (tertiary/aromatic N) is 1. The molecule has 2 nitrogen and oxygen atoms in total. The summed E-state index contributed by atoms with van der Waals surface area (Å²) >= 11 is 9.69. The van der Waals surface area contributed by atoms with Crippen LogP contribution in [0.15, 0.2) is 22.7 Å². The average Bonchev–Trinajstić information content (AvgIpc) is 2.51. The van der Waals surface area contributed by atoms with Crippen LogP contribution >= 0.6 is 27.5 Å². The minimum Gasteiger partial charge on any atom is -0.369 e. The smallest absolute Gasteiger partial charge is 0.0568 e. The molecule has 1 atom stereocenters. The van der Waals surface area contributed by atoms with E-state index in [4.69, 9.17) is 11.6 Å². The van der Waals surface area contributed by atoms with Gasteiger partial charge in [0.05, 0.1) is 5.02 Å². The largest absolute Gasteiger partial charge is 0.369 e. The van der Waals surface area contributed by atoms with Crippen molar-refractivity contribution in [1.29, 1.82) is 0 Å². The van der Waals surface area contributed by atoms with Gasteiger partial charge in [-0.15, -0.1) is 0 Å². The van der Waals surface area contributed by atoms with E-state index in [0.717, 1.165) is 35.0 Å². The number of hydrogen-bond acceptors (Lipinski definition) is 2. The van der Waals surface area contributed by atoms with Gasteiger partial charge in [0.2, 0.25) is 0 Å². The quantitative estimate of drug-likeness (QED) is 0.840. The fourth-order valence-corrected chi connectivity index (χ4v) is 3.97. The molecular formula is C16H22BrClN2. The second-order valence-corrected chi connectivity index (χ2v) is 7.26. The number of piperazine rings is 1. The first-order chi connectivity index (χ1) is 9.74. The Balaban J connectivity index is 1.69. The van der Waals surface area contributed by atoms with E-state index >= 15 is 0 Å². The van der Waals surface area contributed by atoms with Crippen LogP contribution in [0.4, 0.5) is 5.69 Å². The van der Waals surface area contributed by atoms with Crippen LogP contribution in [0.5, 0.6) is 0 Å². The maximum absolute atomic E-state index is 6.23. The van der Waals surface area contributed by atoms with Crippen LogP contribution in [-0.4, -0.2) is 25.7 Å². The van der Waals surface area contributed by atoms with Crippen molar-refractivity contribution >= 4 is 33.2 Å². The predicted octanol–water partition coefficient (Wildman–Crippen LogP) is 4.46. The first kappa shape index (κ1) is 14.7. The van der Waals surface area contributed by atoms with Crippen molar-refractivity contribution in [2.75, 3.05) is 24.5 Å².